The van der Waals surface area contributed by atoms with Crippen LogP contribution < -0.4 is 0 Å². The predicted molar refractivity (Wildman–Crippen MR) is 62.7 cm³/mol. The molecule has 0 amide bonds. The van der Waals surface area contributed by atoms with Crippen molar-refractivity contribution in [2.75, 3.05) is 0 Å². The van der Waals surface area contributed by atoms with Gasteiger partial charge in [-0.1, -0.05) is 30.3 Å². The van der Waals surface area contributed by atoms with Crippen molar-refractivity contribution in [1.29, 1.82) is 0 Å². The van der Waals surface area contributed by atoms with Gasteiger partial charge >= 0.3 is 0 Å². The summed E-state index contributed by atoms with van der Waals surface area (Å²) in [7, 11) is 0. The van der Waals surface area contributed by atoms with E-state index in [2.05, 4.69) is 5.10 Å². The first-order valence-corrected chi connectivity index (χ1v) is 5.07. The number of benzene rings is 2. The highest BCUT2D eigenvalue weighted by Gasteiger charge is 2.07. The van der Waals surface area contributed by atoms with Crippen molar-refractivity contribution in [3.63, 3.8) is 0 Å². The van der Waals surface area contributed by atoms with E-state index in [1.54, 1.807) is 16.9 Å². The summed E-state index contributed by atoms with van der Waals surface area (Å²) in [6.07, 6.45) is 1.75. The van der Waals surface area contributed by atoms with E-state index in [1.165, 1.54) is 0 Å². The molecule has 0 bridgehead atoms. The van der Waals surface area contributed by atoms with Gasteiger partial charge in [-0.2, -0.15) is 5.10 Å². The van der Waals surface area contributed by atoms with E-state index in [0.717, 1.165) is 16.6 Å². The highest BCUT2D eigenvalue weighted by molar-refractivity contribution is 5.85. The minimum Gasteiger partial charge on any atom is -0.506 e. The molecule has 1 N–H and O–H groups in total. The lowest BCUT2D eigenvalue weighted by atomic mass is 10.2. The van der Waals surface area contributed by atoms with Gasteiger partial charge in [-0.25, -0.2) is 4.68 Å². The monoisotopic (exact) mass is 210 g/mol. The topological polar surface area (TPSA) is 38.1 Å². The second-order valence-electron chi connectivity index (χ2n) is 3.61. The smallest absolute Gasteiger partial charge is 0.141 e. The van der Waals surface area contributed by atoms with Crippen molar-refractivity contribution in [3.8, 4) is 11.4 Å². The van der Waals surface area contributed by atoms with Crippen molar-refractivity contribution in [3.05, 3.63) is 54.7 Å². The summed E-state index contributed by atoms with van der Waals surface area (Å²) in [6, 6.07) is 15.2. The highest BCUT2D eigenvalue weighted by atomic mass is 16.3. The molecule has 0 spiro atoms. The van der Waals surface area contributed by atoms with E-state index >= 15 is 0 Å². The lowest BCUT2D eigenvalue weighted by molar-refractivity contribution is 0.479. The third-order valence-electron chi connectivity index (χ3n) is 2.57. The Morgan fingerprint density at radius 1 is 0.938 bits per heavy atom. The molecule has 0 fully saturated rings. The first-order chi connectivity index (χ1) is 7.86. The summed E-state index contributed by atoms with van der Waals surface area (Å²) in [5.74, 6) is 0.249. The van der Waals surface area contributed by atoms with Crippen molar-refractivity contribution in [2.45, 2.75) is 0 Å². The number of fused-ring (bicyclic) bond motifs is 1. The number of rotatable bonds is 1. The molecule has 2 aromatic carbocycles. The molecular formula is C13H10N2O. The normalized spacial score (nSPS) is 10.8. The van der Waals surface area contributed by atoms with Crippen LogP contribution in [-0.4, -0.2) is 14.9 Å². The molecule has 0 saturated heterocycles. The summed E-state index contributed by atoms with van der Waals surface area (Å²) >= 11 is 0. The second-order valence-corrected chi connectivity index (χ2v) is 3.61. The Morgan fingerprint density at radius 2 is 1.75 bits per heavy atom. The fraction of sp³-hybridized carbons (Fsp3) is 0. The van der Waals surface area contributed by atoms with Crippen LogP contribution in [0.15, 0.2) is 54.7 Å². The molecule has 16 heavy (non-hydrogen) atoms. The maximum atomic E-state index is 9.84. The summed E-state index contributed by atoms with van der Waals surface area (Å²) < 4.78 is 1.74. The van der Waals surface area contributed by atoms with E-state index in [-0.39, 0.29) is 5.75 Å². The predicted octanol–water partition coefficient (Wildman–Crippen LogP) is 2.73. The van der Waals surface area contributed by atoms with Crippen molar-refractivity contribution >= 4 is 10.9 Å². The Balaban J connectivity index is 2.33. The molecule has 0 aliphatic rings. The molecule has 0 aliphatic carbocycles. The quantitative estimate of drug-likeness (QED) is 0.670. The molecule has 1 heterocycles. The van der Waals surface area contributed by atoms with Crippen LogP contribution in [0.2, 0.25) is 0 Å². The Bertz CT molecular complexity index is 629. The molecule has 1 aromatic heterocycles. The summed E-state index contributed by atoms with van der Waals surface area (Å²) in [4.78, 5) is 0. The van der Waals surface area contributed by atoms with Gasteiger partial charge in [0.1, 0.15) is 11.3 Å². The van der Waals surface area contributed by atoms with E-state index in [0.29, 0.717) is 0 Å². The van der Waals surface area contributed by atoms with Gasteiger partial charge in [0.2, 0.25) is 0 Å². The van der Waals surface area contributed by atoms with E-state index in [1.807, 2.05) is 42.5 Å². The number of hydrogen-bond acceptors (Lipinski definition) is 2. The maximum absolute atomic E-state index is 9.84. The SMILES string of the molecule is Oc1cccc2cnn(-c3ccccc3)c12. The third-order valence-corrected chi connectivity index (χ3v) is 2.57. The molecule has 0 atom stereocenters. The van der Waals surface area contributed by atoms with Crippen molar-refractivity contribution < 1.29 is 5.11 Å². The molecule has 3 rings (SSSR count). The minimum atomic E-state index is 0.249. The van der Waals surface area contributed by atoms with Crippen LogP contribution in [0.1, 0.15) is 0 Å². The molecule has 0 aliphatic heterocycles. The van der Waals surface area contributed by atoms with E-state index in [4.69, 9.17) is 0 Å². The maximum Gasteiger partial charge on any atom is 0.141 e. The fourth-order valence-electron chi connectivity index (χ4n) is 1.83. The highest BCUT2D eigenvalue weighted by Crippen LogP contribution is 2.26. The number of phenols is 1. The van der Waals surface area contributed by atoms with Gasteiger partial charge in [-0.3, -0.25) is 0 Å². The summed E-state index contributed by atoms with van der Waals surface area (Å²) in [6.45, 7) is 0. The summed E-state index contributed by atoms with van der Waals surface area (Å²) in [5.41, 5.74) is 1.69. The number of phenolic OH excluding ortho intramolecular Hbond substituents is 1. The molecule has 3 nitrogen and oxygen atoms in total. The van der Waals surface area contributed by atoms with E-state index < -0.39 is 0 Å². The summed E-state index contributed by atoms with van der Waals surface area (Å²) in [5, 5.41) is 15.1. The standard InChI is InChI=1S/C13H10N2O/c16-12-8-4-5-10-9-14-15(13(10)12)11-6-2-1-3-7-11/h1-9,16H. The van der Waals surface area contributed by atoms with E-state index in [9.17, 15) is 5.11 Å². The fourth-order valence-corrected chi connectivity index (χ4v) is 1.83. The molecule has 3 heteroatoms. The van der Waals surface area contributed by atoms with Gasteiger partial charge in [-0.15, -0.1) is 0 Å². The van der Waals surface area contributed by atoms with Crippen molar-refractivity contribution in [2.24, 2.45) is 0 Å². The number of hydrogen-bond donors (Lipinski definition) is 1. The Labute approximate surface area is 92.6 Å². The zero-order chi connectivity index (χ0) is 11.0. The van der Waals surface area contributed by atoms with Gasteiger partial charge in [0.25, 0.3) is 0 Å². The van der Waals surface area contributed by atoms with Crippen LogP contribution >= 0.6 is 0 Å². The van der Waals surface area contributed by atoms with Crippen molar-refractivity contribution in [1.82, 2.24) is 9.78 Å². The molecule has 0 saturated carbocycles. The first kappa shape index (κ1) is 8.97. The van der Waals surface area contributed by atoms with Crippen LogP contribution in [-0.2, 0) is 0 Å². The molecule has 3 aromatic rings. The number of aromatic nitrogens is 2. The lowest BCUT2D eigenvalue weighted by Crippen LogP contribution is -1.95. The zero-order valence-corrected chi connectivity index (χ0v) is 8.54. The number of nitrogens with zero attached hydrogens (tertiary/aromatic N) is 2. The van der Waals surface area contributed by atoms with Gasteiger partial charge in [-0.05, 0) is 18.2 Å². The number of aromatic hydroxyl groups is 1. The molecule has 0 radical (unpaired) electrons. The first-order valence-electron chi connectivity index (χ1n) is 5.07. The number of para-hydroxylation sites is 2. The largest absolute Gasteiger partial charge is 0.506 e. The van der Waals surface area contributed by atoms with Gasteiger partial charge in [0.05, 0.1) is 11.9 Å². The minimum absolute atomic E-state index is 0.249. The lowest BCUT2D eigenvalue weighted by Gasteiger charge is -2.03. The van der Waals surface area contributed by atoms with Crippen LogP contribution in [0.5, 0.6) is 5.75 Å². The average Bonchev–Trinajstić information content (AvgIpc) is 2.75. The van der Waals surface area contributed by atoms with Crippen LogP contribution in [0.25, 0.3) is 16.6 Å². The average molecular weight is 210 g/mol. The molecule has 0 unspecified atom stereocenters. The third kappa shape index (κ3) is 1.26. The van der Waals surface area contributed by atoms with Gasteiger partial charge < -0.3 is 5.11 Å². The molecule has 78 valence electrons. The molecular weight excluding hydrogens is 200 g/mol. The van der Waals surface area contributed by atoms with Crippen LogP contribution in [0.3, 0.4) is 0 Å². The van der Waals surface area contributed by atoms with Gasteiger partial charge in [0.15, 0.2) is 0 Å². The zero-order valence-electron chi connectivity index (χ0n) is 8.54. The Kier molecular flexibility index (Phi) is 1.90. The van der Waals surface area contributed by atoms with Crippen LogP contribution in [0, 0.1) is 0 Å². The van der Waals surface area contributed by atoms with Gasteiger partial charge in [0, 0.05) is 5.39 Å². The Morgan fingerprint density at radius 3 is 2.56 bits per heavy atom. The van der Waals surface area contributed by atoms with Crippen LogP contribution in [0.4, 0.5) is 0 Å². The second kappa shape index (κ2) is 3.38. The Hall–Kier alpha value is -2.29.